The molecule has 0 aromatic rings. The molecule has 0 aromatic heterocycles. The molecule has 0 aliphatic carbocycles. The Kier molecular flexibility index (Phi) is 7.18. The lowest BCUT2D eigenvalue weighted by atomic mass is 10.1. The van der Waals surface area contributed by atoms with Crippen LogP contribution in [-0.2, 0) is 9.53 Å². The summed E-state index contributed by atoms with van der Waals surface area (Å²) in [5.41, 5.74) is 0.538. The minimum absolute atomic E-state index is 0.0293. The Morgan fingerprint density at radius 3 is 1.36 bits per heavy atom. The summed E-state index contributed by atoms with van der Waals surface area (Å²) in [6.45, 7) is 28.7. The first-order valence-electron chi connectivity index (χ1n) is 8.72. The molecule has 0 heterocycles. The Morgan fingerprint density at radius 2 is 1.14 bits per heavy atom. The van der Waals surface area contributed by atoms with Crippen molar-refractivity contribution in [3.05, 3.63) is 0 Å². The molecule has 0 aliphatic rings. The largest absolute Gasteiger partial charge is 0.466 e. The van der Waals surface area contributed by atoms with Crippen LogP contribution in [0.25, 0.3) is 0 Å². The Labute approximate surface area is 142 Å². The average Bonchev–Trinajstić information content (AvgIpc) is 2.22. The van der Waals surface area contributed by atoms with Crippen LogP contribution in [0, 0.1) is 5.92 Å². The minimum atomic E-state index is -1.54. The van der Waals surface area contributed by atoms with Gasteiger partial charge in [0.05, 0.1) is 12.5 Å². The normalized spacial score (nSPS) is 17.1. The van der Waals surface area contributed by atoms with Crippen molar-refractivity contribution >= 4 is 35.4 Å². The molecule has 0 radical (unpaired) electrons. The average molecular weight is 377 g/mol. The quantitative estimate of drug-likeness (QED) is 0.446. The smallest absolute Gasteiger partial charge is 0.308 e. The van der Waals surface area contributed by atoms with E-state index in [4.69, 9.17) is 4.74 Å². The molecule has 0 saturated heterocycles. The topological polar surface area (TPSA) is 26.3 Å². The third-order valence-electron chi connectivity index (χ3n) is 5.64. The highest BCUT2D eigenvalue weighted by molar-refractivity contribution is 7.89. The molecule has 132 valence electrons. The van der Waals surface area contributed by atoms with E-state index in [1.807, 2.05) is 6.92 Å². The number of ether oxygens (including phenoxy) is 1. The zero-order valence-electron chi connectivity index (χ0n) is 17.2. The van der Waals surface area contributed by atoms with Gasteiger partial charge >= 0.3 is 5.97 Å². The standard InChI is InChI=1S/C16H40O2Si4/c1-13-18-16(17)14(2)15(3)22(19(4,5)6,20(7,8)9)21(10,11)12/h14-15H,13H2,1-12H3/t14-,15+/m0/s1. The second kappa shape index (κ2) is 7.07. The fourth-order valence-corrected chi connectivity index (χ4v) is 114. The van der Waals surface area contributed by atoms with E-state index in [0.29, 0.717) is 12.1 Å². The number of hydrogen-bond donors (Lipinski definition) is 0. The SMILES string of the molecule is CCOC(=O)[C@@H](C)[C@@H](C)[Si]([Si](C)(C)C)([Si](C)(C)C)[Si](C)(C)C. The van der Waals surface area contributed by atoms with Gasteiger partial charge in [0.15, 0.2) is 0 Å². The number of carbonyl (C=O) groups is 1. The second-order valence-corrected chi connectivity index (χ2v) is 51.0. The van der Waals surface area contributed by atoms with E-state index < -0.39 is 29.4 Å². The van der Waals surface area contributed by atoms with Crippen LogP contribution in [0.15, 0.2) is 0 Å². The van der Waals surface area contributed by atoms with Gasteiger partial charge < -0.3 is 4.74 Å². The summed E-state index contributed by atoms with van der Waals surface area (Å²) in [6, 6.07) is 0. The van der Waals surface area contributed by atoms with Gasteiger partial charge in [-0.3, -0.25) is 4.79 Å². The third-order valence-corrected chi connectivity index (χ3v) is 80.5. The molecule has 0 spiro atoms. The molecule has 0 bridgehead atoms. The van der Waals surface area contributed by atoms with E-state index in [-0.39, 0.29) is 11.9 Å². The monoisotopic (exact) mass is 376 g/mol. The van der Waals surface area contributed by atoms with Crippen LogP contribution in [0.1, 0.15) is 20.8 Å². The molecule has 0 aromatic carbocycles. The molecule has 0 rings (SSSR count). The van der Waals surface area contributed by atoms with Crippen LogP contribution in [0.3, 0.4) is 0 Å². The lowest BCUT2D eigenvalue weighted by Crippen LogP contribution is -2.85. The molecular weight excluding hydrogens is 337 g/mol. The molecule has 0 amide bonds. The summed E-state index contributed by atoms with van der Waals surface area (Å²) >= 11 is 0. The fourth-order valence-electron chi connectivity index (χ4n) is 6.28. The van der Waals surface area contributed by atoms with Crippen molar-refractivity contribution in [2.24, 2.45) is 5.92 Å². The Bertz CT molecular complexity index is 352. The lowest BCUT2D eigenvalue weighted by Gasteiger charge is -2.61. The van der Waals surface area contributed by atoms with E-state index in [2.05, 4.69) is 72.8 Å². The first kappa shape index (κ1) is 22.3. The summed E-state index contributed by atoms with van der Waals surface area (Å²) in [5, 5.41) is 0. The zero-order chi connectivity index (χ0) is 18.1. The Morgan fingerprint density at radius 1 is 0.818 bits per heavy atom. The number of esters is 1. The van der Waals surface area contributed by atoms with Crippen LogP contribution in [-0.4, -0.2) is 42.0 Å². The molecule has 2 atom stereocenters. The van der Waals surface area contributed by atoms with E-state index in [0.717, 1.165) is 0 Å². The van der Waals surface area contributed by atoms with Gasteiger partial charge in [-0.25, -0.2) is 0 Å². The van der Waals surface area contributed by atoms with Gasteiger partial charge in [0.2, 0.25) is 0 Å². The highest BCUT2D eigenvalue weighted by atomic mass is 29.9. The zero-order valence-corrected chi connectivity index (χ0v) is 21.2. The van der Waals surface area contributed by atoms with Gasteiger partial charge in [-0.1, -0.05) is 72.8 Å². The molecule has 22 heavy (non-hydrogen) atoms. The molecule has 0 unspecified atom stereocenters. The molecule has 0 fully saturated rings. The minimum Gasteiger partial charge on any atom is -0.466 e. The number of carbonyl (C=O) groups excluding carboxylic acids is 1. The fraction of sp³-hybridized carbons (Fsp3) is 0.938. The molecular formula is C16H40O2Si4. The van der Waals surface area contributed by atoms with Crippen LogP contribution in [0.4, 0.5) is 0 Å². The van der Waals surface area contributed by atoms with Crippen molar-refractivity contribution in [2.45, 2.75) is 85.2 Å². The maximum absolute atomic E-state index is 12.5. The summed E-state index contributed by atoms with van der Waals surface area (Å²) in [4.78, 5) is 12.5. The van der Waals surface area contributed by atoms with Gasteiger partial charge in [-0.2, -0.15) is 0 Å². The number of hydrogen-bond acceptors (Lipinski definition) is 2. The van der Waals surface area contributed by atoms with E-state index in [1.54, 1.807) is 0 Å². The molecule has 0 N–H and O–H groups in total. The van der Waals surface area contributed by atoms with Crippen LogP contribution in [0.5, 0.6) is 0 Å². The van der Waals surface area contributed by atoms with Gasteiger partial charge in [-0.15, -0.1) is 0 Å². The number of rotatable bonds is 7. The molecule has 6 heteroatoms. The van der Waals surface area contributed by atoms with Crippen LogP contribution >= 0.6 is 0 Å². The second-order valence-electron chi connectivity index (χ2n) is 9.89. The van der Waals surface area contributed by atoms with Crippen molar-refractivity contribution in [3.63, 3.8) is 0 Å². The van der Waals surface area contributed by atoms with Crippen molar-refractivity contribution in [1.82, 2.24) is 0 Å². The highest BCUT2D eigenvalue weighted by Gasteiger charge is 2.65. The van der Waals surface area contributed by atoms with E-state index in [1.165, 1.54) is 0 Å². The predicted octanol–water partition coefficient (Wildman–Crippen LogP) is 5.27. The maximum atomic E-state index is 12.5. The van der Waals surface area contributed by atoms with Gasteiger partial charge in [-0.05, 0) is 12.5 Å². The first-order chi connectivity index (χ1) is 9.55. The van der Waals surface area contributed by atoms with Gasteiger partial charge in [0.1, 0.15) is 0 Å². The van der Waals surface area contributed by atoms with Crippen molar-refractivity contribution < 1.29 is 9.53 Å². The van der Waals surface area contributed by atoms with Gasteiger partial charge in [0.25, 0.3) is 0 Å². The molecule has 0 saturated carbocycles. The van der Waals surface area contributed by atoms with Crippen LogP contribution < -0.4 is 0 Å². The Hall–Kier alpha value is 0.338. The van der Waals surface area contributed by atoms with E-state index >= 15 is 0 Å². The molecule has 0 aliphatic heterocycles. The van der Waals surface area contributed by atoms with E-state index in [9.17, 15) is 4.79 Å². The predicted molar refractivity (Wildman–Crippen MR) is 111 cm³/mol. The van der Waals surface area contributed by atoms with Crippen molar-refractivity contribution in [1.29, 1.82) is 0 Å². The summed E-state index contributed by atoms with van der Waals surface area (Å²) in [6.07, 6.45) is 0. The first-order valence-corrected chi connectivity index (χ1v) is 24.3. The molecule has 2 nitrogen and oxygen atoms in total. The van der Waals surface area contributed by atoms with Crippen molar-refractivity contribution in [2.75, 3.05) is 6.61 Å². The van der Waals surface area contributed by atoms with Gasteiger partial charge in [0, 0.05) is 29.4 Å². The van der Waals surface area contributed by atoms with Crippen molar-refractivity contribution in [3.8, 4) is 0 Å². The maximum Gasteiger partial charge on any atom is 0.308 e. The summed E-state index contributed by atoms with van der Waals surface area (Å²) < 4.78 is 5.39. The Balaban J connectivity index is 6.26. The summed E-state index contributed by atoms with van der Waals surface area (Å²) in [7, 11) is -4.04. The summed E-state index contributed by atoms with van der Waals surface area (Å²) in [5.74, 6) is 0.0819. The third kappa shape index (κ3) is 3.87. The lowest BCUT2D eigenvalue weighted by molar-refractivity contribution is -0.147. The van der Waals surface area contributed by atoms with Crippen LogP contribution in [0.2, 0.25) is 64.5 Å². The highest BCUT2D eigenvalue weighted by Crippen LogP contribution is 2.47.